The Hall–Kier alpha value is -1.06. The molecule has 0 aromatic heterocycles. The molecule has 0 aliphatic heterocycles. The normalized spacial score (nSPS) is 10.6. The lowest BCUT2D eigenvalue weighted by molar-refractivity contribution is 0.130. The van der Waals surface area contributed by atoms with Crippen LogP contribution in [0.3, 0.4) is 0 Å². The summed E-state index contributed by atoms with van der Waals surface area (Å²) in [7, 11) is 0. The Balaban J connectivity index is 2.53. The molecular weight excluding hydrogens is 216 g/mol. The van der Waals surface area contributed by atoms with Crippen LogP contribution in [0.25, 0.3) is 0 Å². The summed E-state index contributed by atoms with van der Waals surface area (Å²) in [6.45, 7) is 8.23. The van der Waals surface area contributed by atoms with Gasteiger partial charge in [0, 0.05) is 19.6 Å². The highest BCUT2D eigenvalue weighted by Gasteiger charge is 2.05. The van der Waals surface area contributed by atoms with Crippen molar-refractivity contribution < 1.29 is 14.6 Å². The van der Waals surface area contributed by atoms with Gasteiger partial charge >= 0.3 is 0 Å². The molecule has 17 heavy (non-hydrogen) atoms. The van der Waals surface area contributed by atoms with Crippen LogP contribution in [-0.2, 0) is 11.3 Å². The van der Waals surface area contributed by atoms with Gasteiger partial charge in [-0.15, -0.1) is 0 Å². The highest BCUT2D eigenvalue weighted by Crippen LogP contribution is 2.24. The standard InChI is InChI=1S/C14H22O3/c1-4-16-6-5-7-17-14-11(2)8-13(10-15)9-12(14)3/h8-9,15H,4-7,10H2,1-3H3. The predicted molar refractivity (Wildman–Crippen MR) is 68.4 cm³/mol. The van der Waals surface area contributed by atoms with Crippen molar-refractivity contribution in [3.63, 3.8) is 0 Å². The molecule has 3 nitrogen and oxygen atoms in total. The Morgan fingerprint density at radius 2 is 1.76 bits per heavy atom. The molecule has 0 fully saturated rings. The topological polar surface area (TPSA) is 38.7 Å². The van der Waals surface area contributed by atoms with Crippen molar-refractivity contribution in [3.05, 3.63) is 28.8 Å². The van der Waals surface area contributed by atoms with Crippen molar-refractivity contribution in [1.82, 2.24) is 0 Å². The predicted octanol–water partition coefficient (Wildman–Crippen LogP) is 2.60. The van der Waals surface area contributed by atoms with Crippen molar-refractivity contribution in [1.29, 1.82) is 0 Å². The van der Waals surface area contributed by atoms with E-state index in [4.69, 9.17) is 14.6 Å². The summed E-state index contributed by atoms with van der Waals surface area (Å²) in [6, 6.07) is 3.93. The molecule has 1 aromatic rings. The summed E-state index contributed by atoms with van der Waals surface area (Å²) in [5, 5.41) is 9.09. The summed E-state index contributed by atoms with van der Waals surface area (Å²) in [5.41, 5.74) is 3.08. The first-order valence-electron chi connectivity index (χ1n) is 6.10. The Morgan fingerprint density at radius 1 is 1.12 bits per heavy atom. The van der Waals surface area contributed by atoms with Gasteiger partial charge in [0.15, 0.2) is 0 Å². The van der Waals surface area contributed by atoms with Gasteiger partial charge in [0.25, 0.3) is 0 Å². The van der Waals surface area contributed by atoms with Gasteiger partial charge in [-0.05, 0) is 37.5 Å². The minimum Gasteiger partial charge on any atom is -0.493 e. The zero-order chi connectivity index (χ0) is 12.7. The molecule has 1 N–H and O–H groups in total. The Kier molecular flexibility index (Phi) is 6.01. The fourth-order valence-corrected chi connectivity index (χ4v) is 1.84. The zero-order valence-corrected chi connectivity index (χ0v) is 11.0. The average Bonchev–Trinajstić information content (AvgIpc) is 2.31. The van der Waals surface area contributed by atoms with Gasteiger partial charge in [-0.25, -0.2) is 0 Å². The maximum absolute atomic E-state index is 9.09. The van der Waals surface area contributed by atoms with Crippen LogP contribution in [0, 0.1) is 13.8 Å². The number of rotatable bonds is 7. The van der Waals surface area contributed by atoms with Crippen LogP contribution < -0.4 is 4.74 Å². The van der Waals surface area contributed by atoms with Crippen molar-refractivity contribution in [3.8, 4) is 5.75 Å². The van der Waals surface area contributed by atoms with Crippen LogP contribution >= 0.6 is 0 Å². The van der Waals surface area contributed by atoms with E-state index in [-0.39, 0.29) is 6.61 Å². The number of benzene rings is 1. The fourth-order valence-electron chi connectivity index (χ4n) is 1.84. The van der Waals surface area contributed by atoms with Gasteiger partial charge < -0.3 is 14.6 Å². The van der Waals surface area contributed by atoms with E-state index in [1.807, 2.05) is 32.9 Å². The molecule has 0 heterocycles. The summed E-state index contributed by atoms with van der Waals surface area (Å²) >= 11 is 0. The number of aryl methyl sites for hydroxylation is 2. The average molecular weight is 238 g/mol. The zero-order valence-electron chi connectivity index (χ0n) is 11.0. The Morgan fingerprint density at radius 3 is 2.29 bits per heavy atom. The lowest BCUT2D eigenvalue weighted by atomic mass is 10.1. The van der Waals surface area contributed by atoms with Gasteiger partial charge in [0.05, 0.1) is 13.2 Å². The van der Waals surface area contributed by atoms with Crippen LogP contribution in [0.1, 0.15) is 30.0 Å². The number of aliphatic hydroxyl groups is 1. The smallest absolute Gasteiger partial charge is 0.125 e. The van der Waals surface area contributed by atoms with E-state index in [0.717, 1.165) is 42.1 Å². The minimum absolute atomic E-state index is 0.0757. The first-order chi connectivity index (χ1) is 8.19. The van der Waals surface area contributed by atoms with E-state index >= 15 is 0 Å². The van der Waals surface area contributed by atoms with E-state index < -0.39 is 0 Å². The van der Waals surface area contributed by atoms with Crippen LogP contribution in [0.5, 0.6) is 5.75 Å². The van der Waals surface area contributed by atoms with E-state index in [0.29, 0.717) is 6.61 Å². The molecule has 0 radical (unpaired) electrons. The fraction of sp³-hybridized carbons (Fsp3) is 0.571. The van der Waals surface area contributed by atoms with Crippen molar-refractivity contribution in [2.75, 3.05) is 19.8 Å². The number of hydrogen-bond acceptors (Lipinski definition) is 3. The summed E-state index contributed by atoms with van der Waals surface area (Å²) in [5.74, 6) is 0.929. The number of aliphatic hydroxyl groups excluding tert-OH is 1. The quantitative estimate of drug-likeness (QED) is 0.742. The van der Waals surface area contributed by atoms with Crippen LogP contribution in [0.15, 0.2) is 12.1 Å². The molecular formula is C14H22O3. The van der Waals surface area contributed by atoms with E-state index in [2.05, 4.69) is 0 Å². The van der Waals surface area contributed by atoms with Gasteiger partial charge in [0.1, 0.15) is 5.75 Å². The molecule has 0 unspecified atom stereocenters. The second-order valence-corrected chi connectivity index (χ2v) is 4.12. The molecule has 0 aliphatic carbocycles. The minimum atomic E-state index is 0.0757. The summed E-state index contributed by atoms with van der Waals surface area (Å²) in [6.07, 6.45) is 0.897. The molecule has 1 rings (SSSR count). The SMILES string of the molecule is CCOCCCOc1c(C)cc(CO)cc1C. The number of hydrogen-bond donors (Lipinski definition) is 1. The third-order valence-electron chi connectivity index (χ3n) is 2.59. The molecule has 0 saturated carbocycles. The molecule has 0 saturated heterocycles. The molecule has 0 amide bonds. The molecule has 3 heteroatoms. The largest absolute Gasteiger partial charge is 0.493 e. The lowest BCUT2D eigenvalue weighted by Crippen LogP contribution is -2.05. The second-order valence-electron chi connectivity index (χ2n) is 4.12. The third kappa shape index (κ3) is 4.36. The summed E-state index contributed by atoms with van der Waals surface area (Å²) in [4.78, 5) is 0. The molecule has 0 spiro atoms. The van der Waals surface area contributed by atoms with Gasteiger partial charge in [-0.1, -0.05) is 12.1 Å². The molecule has 0 aliphatic rings. The lowest BCUT2D eigenvalue weighted by Gasteiger charge is -2.13. The molecule has 0 atom stereocenters. The first-order valence-corrected chi connectivity index (χ1v) is 6.10. The Bertz CT molecular complexity index is 324. The molecule has 0 bridgehead atoms. The summed E-state index contributed by atoms with van der Waals surface area (Å²) < 4.78 is 11.0. The van der Waals surface area contributed by atoms with E-state index in [1.54, 1.807) is 0 Å². The third-order valence-corrected chi connectivity index (χ3v) is 2.59. The van der Waals surface area contributed by atoms with Crippen molar-refractivity contribution >= 4 is 0 Å². The van der Waals surface area contributed by atoms with E-state index in [1.165, 1.54) is 0 Å². The maximum atomic E-state index is 9.09. The number of ether oxygens (including phenoxy) is 2. The maximum Gasteiger partial charge on any atom is 0.125 e. The molecule has 1 aromatic carbocycles. The van der Waals surface area contributed by atoms with E-state index in [9.17, 15) is 0 Å². The Labute approximate surface area is 103 Å². The monoisotopic (exact) mass is 238 g/mol. The highest BCUT2D eigenvalue weighted by atomic mass is 16.5. The van der Waals surface area contributed by atoms with Gasteiger partial charge in [-0.2, -0.15) is 0 Å². The van der Waals surface area contributed by atoms with Crippen LogP contribution in [-0.4, -0.2) is 24.9 Å². The van der Waals surface area contributed by atoms with Crippen molar-refractivity contribution in [2.24, 2.45) is 0 Å². The van der Waals surface area contributed by atoms with Gasteiger partial charge in [-0.3, -0.25) is 0 Å². The highest BCUT2D eigenvalue weighted by molar-refractivity contribution is 5.43. The second kappa shape index (κ2) is 7.30. The van der Waals surface area contributed by atoms with Gasteiger partial charge in [0.2, 0.25) is 0 Å². The first kappa shape index (κ1) is 14.0. The molecule has 96 valence electrons. The van der Waals surface area contributed by atoms with Crippen molar-refractivity contribution in [2.45, 2.75) is 33.8 Å². The van der Waals surface area contributed by atoms with Crippen LogP contribution in [0.2, 0.25) is 0 Å². The van der Waals surface area contributed by atoms with Crippen LogP contribution in [0.4, 0.5) is 0 Å².